The Morgan fingerprint density at radius 1 is 1.39 bits per heavy atom. The summed E-state index contributed by atoms with van der Waals surface area (Å²) < 4.78 is 26.7. The second-order valence-electron chi connectivity index (χ2n) is 3.74. The minimum absolute atomic E-state index is 0.161. The Balaban J connectivity index is 2.27. The van der Waals surface area contributed by atoms with Gasteiger partial charge in [-0.15, -0.1) is 11.3 Å². The van der Waals surface area contributed by atoms with E-state index in [0.717, 1.165) is 16.9 Å². The lowest BCUT2D eigenvalue weighted by Crippen LogP contribution is -2.11. The average Bonchev–Trinajstić information content (AvgIpc) is 2.77. The van der Waals surface area contributed by atoms with E-state index in [0.29, 0.717) is 10.6 Å². The smallest absolute Gasteiger partial charge is 0.271 e. The summed E-state index contributed by atoms with van der Waals surface area (Å²) in [6, 6.07) is 4.76. The Morgan fingerprint density at radius 2 is 2.17 bits per heavy atom. The third-order valence-electron chi connectivity index (χ3n) is 2.18. The molecule has 0 saturated heterocycles. The van der Waals surface area contributed by atoms with Crippen LogP contribution >= 0.6 is 11.3 Å². The van der Waals surface area contributed by atoms with E-state index in [1.54, 1.807) is 18.3 Å². The Labute approximate surface area is 109 Å². The van der Waals surface area contributed by atoms with Gasteiger partial charge >= 0.3 is 0 Å². The summed E-state index contributed by atoms with van der Waals surface area (Å²) in [7, 11) is -3.60. The number of aromatic nitrogens is 1. The zero-order valence-corrected chi connectivity index (χ0v) is 11.3. The van der Waals surface area contributed by atoms with E-state index in [9.17, 15) is 8.42 Å². The van der Waals surface area contributed by atoms with Crippen LogP contribution < -0.4 is 4.72 Å². The van der Waals surface area contributed by atoms with Gasteiger partial charge in [0.1, 0.15) is 4.21 Å². The molecule has 18 heavy (non-hydrogen) atoms. The van der Waals surface area contributed by atoms with Crippen LogP contribution in [0.1, 0.15) is 10.4 Å². The minimum atomic E-state index is -3.60. The number of nitrogens with one attached hydrogen (secondary N) is 1. The Bertz CT molecular complexity index is 650. The first kappa shape index (κ1) is 13.0. The molecule has 0 aliphatic heterocycles. The molecule has 0 atom stereocenters. The molecule has 0 saturated carbocycles. The van der Waals surface area contributed by atoms with Gasteiger partial charge < -0.3 is 5.11 Å². The van der Waals surface area contributed by atoms with Crippen LogP contribution in [0.3, 0.4) is 0 Å². The van der Waals surface area contributed by atoms with E-state index in [4.69, 9.17) is 5.11 Å². The van der Waals surface area contributed by atoms with Crippen LogP contribution in [-0.2, 0) is 16.6 Å². The van der Waals surface area contributed by atoms with Crippen molar-refractivity contribution in [3.63, 3.8) is 0 Å². The summed E-state index contributed by atoms with van der Waals surface area (Å²) in [6.07, 6.45) is 3.10. The highest BCUT2D eigenvalue weighted by atomic mass is 32.2. The molecule has 2 N–H and O–H groups in total. The van der Waals surface area contributed by atoms with Crippen molar-refractivity contribution in [2.45, 2.75) is 17.7 Å². The summed E-state index contributed by atoms with van der Waals surface area (Å²) in [4.78, 5) is 4.53. The predicted molar refractivity (Wildman–Crippen MR) is 70.0 cm³/mol. The first-order valence-electron chi connectivity index (χ1n) is 5.15. The van der Waals surface area contributed by atoms with E-state index in [1.807, 2.05) is 6.92 Å². The number of thiophene rings is 1. The maximum atomic E-state index is 12.0. The number of aliphatic hydroxyl groups excluding tert-OH is 1. The molecule has 5 nitrogen and oxygen atoms in total. The van der Waals surface area contributed by atoms with E-state index in [1.165, 1.54) is 12.3 Å². The molecule has 0 aliphatic rings. The van der Waals surface area contributed by atoms with Gasteiger partial charge in [0.25, 0.3) is 10.0 Å². The average molecular weight is 284 g/mol. The van der Waals surface area contributed by atoms with Crippen molar-refractivity contribution in [3.05, 3.63) is 41.0 Å². The predicted octanol–water partition coefficient (Wildman–Crippen LogP) is 1.74. The topological polar surface area (TPSA) is 79.3 Å². The molecule has 2 aromatic heterocycles. The minimum Gasteiger partial charge on any atom is -0.391 e. The number of hydrogen-bond acceptors (Lipinski definition) is 5. The van der Waals surface area contributed by atoms with E-state index >= 15 is 0 Å². The van der Waals surface area contributed by atoms with Crippen LogP contribution in [0.4, 0.5) is 5.69 Å². The van der Waals surface area contributed by atoms with Gasteiger partial charge in [-0.25, -0.2) is 8.42 Å². The zero-order chi connectivity index (χ0) is 13.2. The maximum Gasteiger partial charge on any atom is 0.271 e. The molecule has 96 valence electrons. The standard InChI is InChI=1S/C11H12N2O3S2/c1-8-4-9(6-12-5-8)13-18(15,16)11-3-2-10(7-14)17-11/h2-6,13-14H,7H2,1H3. The number of nitrogens with zero attached hydrogens (tertiary/aromatic N) is 1. The second-order valence-corrected chi connectivity index (χ2v) is 6.81. The molecule has 2 aromatic rings. The van der Waals surface area contributed by atoms with Gasteiger partial charge in [-0.1, -0.05) is 0 Å². The van der Waals surface area contributed by atoms with Gasteiger partial charge in [-0.05, 0) is 30.7 Å². The van der Waals surface area contributed by atoms with Crippen molar-refractivity contribution in [2.75, 3.05) is 4.72 Å². The number of aliphatic hydroxyl groups is 1. The van der Waals surface area contributed by atoms with Gasteiger partial charge in [0, 0.05) is 11.1 Å². The van der Waals surface area contributed by atoms with Gasteiger partial charge in [0.15, 0.2) is 0 Å². The van der Waals surface area contributed by atoms with Crippen molar-refractivity contribution in [1.29, 1.82) is 0 Å². The third-order valence-corrected chi connectivity index (χ3v) is 5.13. The van der Waals surface area contributed by atoms with E-state index < -0.39 is 10.0 Å². The van der Waals surface area contributed by atoms with Crippen molar-refractivity contribution >= 4 is 27.0 Å². The van der Waals surface area contributed by atoms with Crippen LogP contribution in [0, 0.1) is 6.92 Å². The number of aryl methyl sites for hydroxylation is 1. The van der Waals surface area contributed by atoms with Gasteiger partial charge in [0.05, 0.1) is 18.5 Å². The lowest BCUT2D eigenvalue weighted by atomic mass is 10.3. The molecule has 2 rings (SSSR count). The van der Waals surface area contributed by atoms with Crippen LogP contribution in [0.5, 0.6) is 0 Å². The fourth-order valence-corrected chi connectivity index (χ4v) is 3.65. The van der Waals surface area contributed by atoms with Gasteiger partial charge in [-0.3, -0.25) is 9.71 Å². The largest absolute Gasteiger partial charge is 0.391 e. The van der Waals surface area contributed by atoms with Crippen molar-refractivity contribution in [3.8, 4) is 0 Å². The highest BCUT2D eigenvalue weighted by molar-refractivity contribution is 7.94. The van der Waals surface area contributed by atoms with E-state index in [-0.39, 0.29) is 10.8 Å². The molecule has 7 heteroatoms. The third kappa shape index (κ3) is 2.87. The quantitative estimate of drug-likeness (QED) is 0.896. The molecule has 0 radical (unpaired) electrons. The molecule has 0 aliphatic carbocycles. The normalized spacial score (nSPS) is 11.4. The van der Waals surface area contributed by atoms with Crippen LogP contribution in [0.25, 0.3) is 0 Å². The number of hydrogen-bond donors (Lipinski definition) is 2. The van der Waals surface area contributed by atoms with Crippen LogP contribution in [-0.4, -0.2) is 18.5 Å². The summed E-state index contributed by atoms with van der Waals surface area (Å²) in [5, 5.41) is 8.93. The monoisotopic (exact) mass is 284 g/mol. The lowest BCUT2D eigenvalue weighted by molar-refractivity contribution is 0.285. The number of anilines is 1. The highest BCUT2D eigenvalue weighted by Crippen LogP contribution is 2.23. The summed E-state index contributed by atoms with van der Waals surface area (Å²) >= 11 is 1.04. The SMILES string of the molecule is Cc1cncc(NS(=O)(=O)c2ccc(CO)s2)c1. The van der Waals surface area contributed by atoms with Crippen molar-refractivity contribution in [2.24, 2.45) is 0 Å². The molecule has 0 unspecified atom stereocenters. The van der Waals surface area contributed by atoms with Crippen LogP contribution in [0.15, 0.2) is 34.8 Å². The maximum absolute atomic E-state index is 12.0. The first-order valence-corrected chi connectivity index (χ1v) is 7.45. The van der Waals surface area contributed by atoms with Crippen LogP contribution in [0.2, 0.25) is 0 Å². The fourth-order valence-electron chi connectivity index (χ4n) is 1.40. The zero-order valence-electron chi connectivity index (χ0n) is 9.62. The summed E-state index contributed by atoms with van der Waals surface area (Å²) in [6.45, 7) is 1.67. The van der Waals surface area contributed by atoms with Gasteiger partial charge in [-0.2, -0.15) is 0 Å². The van der Waals surface area contributed by atoms with Gasteiger partial charge in [0.2, 0.25) is 0 Å². The molecule has 0 spiro atoms. The van der Waals surface area contributed by atoms with Crippen molar-refractivity contribution in [1.82, 2.24) is 4.98 Å². The Hall–Kier alpha value is -1.44. The molecule has 0 bridgehead atoms. The Kier molecular flexibility index (Phi) is 3.65. The van der Waals surface area contributed by atoms with E-state index in [2.05, 4.69) is 9.71 Å². The molecule has 0 amide bonds. The highest BCUT2D eigenvalue weighted by Gasteiger charge is 2.16. The summed E-state index contributed by atoms with van der Waals surface area (Å²) in [5.41, 5.74) is 1.30. The molecule has 0 aromatic carbocycles. The number of pyridine rings is 1. The number of sulfonamides is 1. The molecule has 2 heterocycles. The Morgan fingerprint density at radius 3 is 2.78 bits per heavy atom. The fraction of sp³-hybridized carbons (Fsp3) is 0.182. The molecule has 0 fully saturated rings. The number of rotatable bonds is 4. The summed E-state index contributed by atoms with van der Waals surface area (Å²) in [5.74, 6) is 0. The molecular formula is C11H12N2O3S2. The lowest BCUT2D eigenvalue weighted by Gasteiger charge is -2.06. The second kappa shape index (κ2) is 5.05. The molecular weight excluding hydrogens is 272 g/mol. The first-order chi connectivity index (χ1) is 8.51. The van der Waals surface area contributed by atoms with Crippen molar-refractivity contribution < 1.29 is 13.5 Å².